The maximum absolute atomic E-state index is 12.2. The first-order valence-corrected chi connectivity index (χ1v) is 7.51. The minimum atomic E-state index is -0.492. The Morgan fingerprint density at radius 3 is 2.74 bits per heavy atom. The zero-order valence-corrected chi connectivity index (χ0v) is 13.2. The largest absolute Gasteiger partial charge is 0.468 e. The molecule has 0 spiro atoms. The number of carbonyl (C=O) groups excluding carboxylic acids is 1. The molecule has 2 atom stereocenters. The number of methoxy groups -OCH3 is 1. The quantitative estimate of drug-likeness (QED) is 0.751. The summed E-state index contributed by atoms with van der Waals surface area (Å²) in [4.78, 5) is 14.6. The lowest BCUT2D eigenvalue weighted by Gasteiger charge is -2.43. The number of hydrogen-bond acceptors (Lipinski definition) is 4. The third kappa shape index (κ3) is 4.18. The topological polar surface area (TPSA) is 41.6 Å². The van der Waals surface area contributed by atoms with Gasteiger partial charge in [0.2, 0.25) is 0 Å². The molecule has 1 aliphatic rings. The molecule has 0 aromatic heterocycles. The number of hydrogen-bond donors (Lipinski definition) is 1. The summed E-state index contributed by atoms with van der Waals surface area (Å²) in [5, 5.41) is 3.47. The van der Waals surface area contributed by atoms with Crippen LogP contribution in [-0.2, 0) is 9.53 Å². The standard InChI is InChI=1S/C15H30N2O2/c1-6-10-17(4)13-8-7-9-15(11-13,14(18)19-5)16-12(2)3/h12-13,16H,6-11H2,1-5H3. The monoisotopic (exact) mass is 270 g/mol. The van der Waals surface area contributed by atoms with Gasteiger partial charge in [-0.15, -0.1) is 0 Å². The fourth-order valence-electron chi connectivity index (χ4n) is 3.28. The number of nitrogens with one attached hydrogen (secondary N) is 1. The second-order valence-electron chi connectivity index (χ2n) is 6.10. The molecule has 4 heteroatoms. The molecule has 0 saturated heterocycles. The van der Waals surface area contributed by atoms with Crippen molar-refractivity contribution in [2.24, 2.45) is 0 Å². The van der Waals surface area contributed by atoms with Crippen molar-refractivity contribution in [3.8, 4) is 0 Å². The summed E-state index contributed by atoms with van der Waals surface area (Å²) in [6.45, 7) is 7.46. The van der Waals surface area contributed by atoms with Crippen LogP contribution in [0, 0.1) is 0 Å². The minimum Gasteiger partial charge on any atom is -0.468 e. The molecule has 1 saturated carbocycles. The smallest absolute Gasteiger partial charge is 0.326 e. The SMILES string of the molecule is CCCN(C)C1CCCC(NC(C)C)(C(=O)OC)C1. The van der Waals surface area contributed by atoms with Gasteiger partial charge < -0.3 is 9.64 Å². The van der Waals surface area contributed by atoms with Crippen LogP contribution >= 0.6 is 0 Å². The van der Waals surface area contributed by atoms with E-state index in [0.29, 0.717) is 6.04 Å². The molecule has 2 unspecified atom stereocenters. The zero-order valence-electron chi connectivity index (χ0n) is 13.2. The van der Waals surface area contributed by atoms with Crippen molar-refractivity contribution < 1.29 is 9.53 Å². The highest BCUT2D eigenvalue weighted by Gasteiger charge is 2.44. The van der Waals surface area contributed by atoms with Crippen molar-refractivity contribution in [2.75, 3.05) is 20.7 Å². The lowest BCUT2D eigenvalue weighted by atomic mass is 9.78. The van der Waals surface area contributed by atoms with E-state index in [9.17, 15) is 4.79 Å². The second kappa shape index (κ2) is 7.25. The Bertz CT molecular complexity index is 294. The van der Waals surface area contributed by atoms with Crippen molar-refractivity contribution in [3.05, 3.63) is 0 Å². The molecule has 0 heterocycles. The molecule has 0 aromatic carbocycles. The van der Waals surface area contributed by atoms with Crippen molar-refractivity contribution in [1.29, 1.82) is 0 Å². The van der Waals surface area contributed by atoms with Gasteiger partial charge in [0.1, 0.15) is 5.54 Å². The lowest BCUT2D eigenvalue weighted by molar-refractivity contribution is -0.151. The molecular formula is C15H30N2O2. The highest BCUT2D eigenvalue weighted by molar-refractivity contribution is 5.81. The summed E-state index contributed by atoms with van der Waals surface area (Å²) in [6, 6.07) is 0.758. The molecule has 1 fully saturated rings. The summed E-state index contributed by atoms with van der Waals surface area (Å²) in [6.07, 6.45) is 5.14. The number of esters is 1. The molecule has 0 aromatic rings. The van der Waals surface area contributed by atoms with Crippen LogP contribution in [-0.4, -0.2) is 49.2 Å². The first-order chi connectivity index (χ1) is 8.95. The first-order valence-electron chi connectivity index (χ1n) is 7.51. The van der Waals surface area contributed by atoms with E-state index in [4.69, 9.17) is 4.74 Å². The van der Waals surface area contributed by atoms with Crippen molar-refractivity contribution in [3.63, 3.8) is 0 Å². The maximum Gasteiger partial charge on any atom is 0.326 e. The molecule has 1 N–H and O–H groups in total. The third-order valence-electron chi connectivity index (χ3n) is 4.07. The molecule has 1 rings (SSSR count). The van der Waals surface area contributed by atoms with E-state index in [1.165, 1.54) is 13.5 Å². The Kier molecular flexibility index (Phi) is 6.27. The summed E-state index contributed by atoms with van der Waals surface area (Å²) in [7, 11) is 3.66. The van der Waals surface area contributed by atoms with Crippen molar-refractivity contribution in [2.45, 2.75) is 70.5 Å². The van der Waals surface area contributed by atoms with E-state index in [1.54, 1.807) is 0 Å². The minimum absolute atomic E-state index is 0.101. The molecule has 19 heavy (non-hydrogen) atoms. The molecule has 0 radical (unpaired) electrons. The highest BCUT2D eigenvalue weighted by atomic mass is 16.5. The number of ether oxygens (including phenoxy) is 1. The van der Waals surface area contributed by atoms with Gasteiger partial charge in [0.15, 0.2) is 0 Å². The predicted molar refractivity (Wildman–Crippen MR) is 78.2 cm³/mol. The van der Waals surface area contributed by atoms with Gasteiger partial charge in [-0.1, -0.05) is 6.92 Å². The molecule has 0 bridgehead atoms. The summed E-state index contributed by atoms with van der Waals surface area (Å²) in [5.41, 5.74) is -0.492. The Hall–Kier alpha value is -0.610. The van der Waals surface area contributed by atoms with Crippen LogP contribution < -0.4 is 5.32 Å². The number of rotatable bonds is 6. The zero-order chi connectivity index (χ0) is 14.5. The fourth-order valence-corrected chi connectivity index (χ4v) is 3.28. The van der Waals surface area contributed by atoms with Gasteiger partial charge in [-0.2, -0.15) is 0 Å². The van der Waals surface area contributed by atoms with Crippen LogP contribution in [0.1, 0.15) is 52.9 Å². The van der Waals surface area contributed by atoms with Gasteiger partial charge >= 0.3 is 5.97 Å². The van der Waals surface area contributed by atoms with E-state index in [0.717, 1.165) is 32.2 Å². The summed E-state index contributed by atoms with van der Waals surface area (Å²) >= 11 is 0. The average molecular weight is 270 g/mol. The van der Waals surface area contributed by atoms with Crippen LogP contribution in [0.15, 0.2) is 0 Å². The summed E-state index contributed by atoms with van der Waals surface area (Å²) < 4.78 is 5.06. The lowest BCUT2D eigenvalue weighted by Crippen LogP contribution is -2.60. The van der Waals surface area contributed by atoms with E-state index < -0.39 is 5.54 Å². The molecule has 112 valence electrons. The van der Waals surface area contributed by atoms with Gasteiger partial charge in [0.25, 0.3) is 0 Å². The average Bonchev–Trinajstić information content (AvgIpc) is 2.37. The highest BCUT2D eigenvalue weighted by Crippen LogP contribution is 2.32. The predicted octanol–water partition coefficient (Wildman–Crippen LogP) is 2.18. The second-order valence-corrected chi connectivity index (χ2v) is 6.10. The van der Waals surface area contributed by atoms with Crippen molar-refractivity contribution in [1.82, 2.24) is 10.2 Å². The third-order valence-corrected chi connectivity index (χ3v) is 4.07. The maximum atomic E-state index is 12.2. The Morgan fingerprint density at radius 1 is 1.53 bits per heavy atom. The molecule has 1 aliphatic carbocycles. The number of carbonyl (C=O) groups is 1. The molecule has 4 nitrogen and oxygen atoms in total. The molecule has 0 amide bonds. The van der Waals surface area contributed by atoms with Crippen LogP contribution in [0.5, 0.6) is 0 Å². The summed E-state index contributed by atoms with van der Waals surface area (Å²) in [5.74, 6) is -0.101. The first kappa shape index (κ1) is 16.4. The van der Waals surface area contributed by atoms with Gasteiger partial charge in [-0.25, -0.2) is 0 Å². The van der Waals surface area contributed by atoms with Crippen LogP contribution in [0.3, 0.4) is 0 Å². The van der Waals surface area contributed by atoms with E-state index in [2.05, 4.69) is 38.0 Å². The Labute approximate surface area is 117 Å². The van der Waals surface area contributed by atoms with Crippen LogP contribution in [0.2, 0.25) is 0 Å². The molecular weight excluding hydrogens is 240 g/mol. The van der Waals surface area contributed by atoms with Crippen LogP contribution in [0.4, 0.5) is 0 Å². The fraction of sp³-hybridized carbons (Fsp3) is 0.933. The van der Waals surface area contributed by atoms with Gasteiger partial charge in [0, 0.05) is 12.1 Å². The van der Waals surface area contributed by atoms with Crippen LogP contribution in [0.25, 0.3) is 0 Å². The van der Waals surface area contributed by atoms with E-state index >= 15 is 0 Å². The van der Waals surface area contributed by atoms with Gasteiger partial charge in [0.05, 0.1) is 7.11 Å². The van der Waals surface area contributed by atoms with Crippen molar-refractivity contribution >= 4 is 5.97 Å². The van der Waals surface area contributed by atoms with E-state index in [1.807, 2.05) is 0 Å². The van der Waals surface area contributed by atoms with Gasteiger partial charge in [-0.3, -0.25) is 10.1 Å². The molecule has 0 aliphatic heterocycles. The normalized spacial score (nSPS) is 27.8. The Morgan fingerprint density at radius 2 is 2.21 bits per heavy atom. The Balaban J connectivity index is 2.82. The number of nitrogens with zero attached hydrogens (tertiary/aromatic N) is 1. The van der Waals surface area contributed by atoms with Gasteiger partial charge in [-0.05, 0) is 59.5 Å². The van der Waals surface area contributed by atoms with E-state index in [-0.39, 0.29) is 12.0 Å².